The van der Waals surface area contributed by atoms with Gasteiger partial charge >= 0.3 is 0 Å². The minimum absolute atomic E-state index is 0.0156. The van der Waals surface area contributed by atoms with Crippen LogP contribution in [0.15, 0.2) is 4.99 Å². The summed E-state index contributed by atoms with van der Waals surface area (Å²) in [5, 5.41) is 0.714. The number of aliphatic imine (C=N–C) groups is 1. The zero-order chi connectivity index (χ0) is 12.6. The van der Waals surface area contributed by atoms with E-state index in [4.69, 9.17) is 0 Å². The fourth-order valence-electron chi connectivity index (χ4n) is 2.11. The first-order valence-electron chi connectivity index (χ1n) is 5.64. The summed E-state index contributed by atoms with van der Waals surface area (Å²) in [4.78, 5) is 17.3. The van der Waals surface area contributed by atoms with Crippen LogP contribution in [0, 0.1) is 0 Å². The summed E-state index contributed by atoms with van der Waals surface area (Å²) in [6.45, 7) is 1.94. The van der Waals surface area contributed by atoms with Gasteiger partial charge in [0.15, 0.2) is 15.0 Å². The average molecular weight is 276 g/mol. The molecule has 2 rings (SSSR count). The van der Waals surface area contributed by atoms with Crippen LogP contribution in [-0.4, -0.2) is 54.2 Å². The van der Waals surface area contributed by atoms with Crippen molar-refractivity contribution in [2.45, 2.75) is 31.1 Å². The fourth-order valence-corrected chi connectivity index (χ4v) is 6.13. The maximum absolute atomic E-state index is 11.5. The van der Waals surface area contributed by atoms with Crippen LogP contribution in [0.5, 0.6) is 0 Å². The number of amides is 1. The van der Waals surface area contributed by atoms with Crippen molar-refractivity contribution in [3.8, 4) is 0 Å². The number of carbonyl (C=O) groups is 1. The Morgan fingerprint density at radius 3 is 2.82 bits per heavy atom. The van der Waals surface area contributed by atoms with Crippen molar-refractivity contribution < 1.29 is 13.2 Å². The average Bonchev–Trinajstić information content (AvgIpc) is 2.63. The summed E-state index contributed by atoms with van der Waals surface area (Å²) in [7, 11) is -1.09. The lowest BCUT2D eigenvalue weighted by molar-refractivity contribution is -0.117. The Balaban J connectivity index is 2.10. The maximum atomic E-state index is 11.5. The number of hydrogen-bond donors (Lipinski definition) is 0. The SMILES string of the molecule is CCCC(=O)N=C1S[C@@H]2CS(=O)(=O)C[C@@H]2N1C. The third-order valence-electron chi connectivity index (χ3n) is 3.01. The highest BCUT2D eigenvalue weighted by Gasteiger charge is 2.47. The van der Waals surface area contributed by atoms with Crippen molar-refractivity contribution in [2.75, 3.05) is 18.6 Å². The molecule has 0 radical (unpaired) electrons. The van der Waals surface area contributed by atoms with Crippen LogP contribution in [-0.2, 0) is 14.6 Å². The molecule has 0 N–H and O–H groups in total. The van der Waals surface area contributed by atoms with Gasteiger partial charge in [-0.25, -0.2) is 8.42 Å². The normalized spacial score (nSPS) is 33.1. The lowest BCUT2D eigenvalue weighted by atomic mass is 10.2. The predicted octanol–water partition coefficient (Wildman–Crippen LogP) is 0.513. The van der Waals surface area contributed by atoms with E-state index in [0.29, 0.717) is 11.6 Å². The topological polar surface area (TPSA) is 66.8 Å². The van der Waals surface area contributed by atoms with Gasteiger partial charge in [-0.05, 0) is 6.42 Å². The number of nitrogens with zero attached hydrogens (tertiary/aromatic N) is 2. The molecule has 0 aromatic rings. The van der Waals surface area contributed by atoms with Gasteiger partial charge in [0.05, 0.1) is 17.5 Å². The first-order chi connectivity index (χ1) is 7.93. The van der Waals surface area contributed by atoms with Gasteiger partial charge in [0.25, 0.3) is 0 Å². The summed E-state index contributed by atoms with van der Waals surface area (Å²) in [6.07, 6.45) is 1.23. The summed E-state index contributed by atoms with van der Waals surface area (Å²) in [5.74, 6) is 0.264. The van der Waals surface area contributed by atoms with Gasteiger partial charge in [-0.1, -0.05) is 18.7 Å². The van der Waals surface area contributed by atoms with E-state index < -0.39 is 9.84 Å². The van der Waals surface area contributed by atoms with E-state index in [-0.39, 0.29) is 28.7 Å². The highest BCUT2D eigenvalue weighted by Crippen LogP contribution is 2.36. The molecule has 2 aliphatic rings. The minimum Gasteiger partial charge on any atom is -0.349 e. The van der Waals surface area contributed by atoms with E-state index in [0.717, 1.165) is 6.42 Å². The largest absolute Gasteiger partial charge is 0.349 e. The van der Waals surface area contributed by atoms with Gasteiger partial charge < -0.3 is 4.90 Å². The first kappa shape index (κ1) is 12.9. The number of carbonyl (C=O) groups excluding carboxylic acids is 1. The quantitative estimate of drug-likeness (QED) is 0.735. The number of rotatable bonds is 2. The predicted molar refractivity (Wildman–Crippen MR) is 68.9 cm³/mol. The lowest BCUT2D eigenvalue weighted by Gasteiger charge is -2.17. The van der Waals surface area contributed by atoms with Crippen molar-refractivity contribution in [3.05, 3.63) is 0 Å². The Labute approximate surface area is 106 Å². The molecule has 1 amide bonds. The second-order valence-electron chi connectivity index (χ2n) is 4.45. The summed E-state index contributed by atoms with van der Waals surface area (Å²) >= 11 is 1.42. The molecular weight excluding hydrogens is 260 g/mol. The minimum atomic E-state index is -2.90. The highest BCUT2D eigenvalue weighted by molar-refractivity contribution is 8.15. The Morgan fingerprint density at radius 1 is 1.53 bits per heavy atom. The van der Waals surface area contributed by atoms with Gasteiger partial charge in [-0.2, -0.15) is 4.99 Å². The molecule has 2 heterocycles. The van der Waals surface area contributed by atoms with E-state index in [2.05, 4.69) is 4.99 Å². The van der Waals surface area contributed by atoms with Crippen molar-refractivity contribution in [3.63, 3.8) is 0 Å². The van der Waals surface area contributed by atoms with Crippen molar-refractivity contribution in [1.29, 1.82) is 0 Å². The molecule has 2 saturated heterocycles. The van der Waals surface area contributed by atoms with Crippen LogP contribution in [0.3, 0.4) is 0 Å². The monoisotopic (exact) mass is 276 g/mol. The Hall–Kier alpha value is -0.560. The van der Waals surface area contributed by atoms with Crippen LogP contribution < -0.4 is 0 Å². The molecule has 0 saturated carbocycles. The summed E-state index contributed by atoms with van der Waals surface area (Å²) in [5.41, 5.74) is 0. The molecule has 17 heavy (non-hydrogen) atoms. The van der Waals surface area contributed by atoms with Crippen LogP contribution in [0.2, 0.25) is 0 Å². The Morgan fingerprint density at radius 2 is 2.24 bits per heavy atom. The van der Waals surface area contributed by atoms with Crippen molar-refractivity contribution in [1.82, 2.24) is 4.90 Å². The molecule has 0 aliphatic carbocycles. The lowest BCUT2D eigenvalue weighted by Crippen LogP contribution is -2.34. The van der Waals surface area contributed by atoms with E-state index in [9.17, 15) is 13.2 Å². The van der Waals surface area contributed by atoms with Gasteiger partial charge in [-0.15, -0.1) is 0 Å². The van der Waals surface area contributed by atoms with E-state index in [1.54, 1.807) is 0 Å². The molecule has 0 spiro atoms. The smallest absolute Gasteiger partial charge is 0.248 e. The highest BCUT2D eigenvalue weighted by atomic mass is 32.2. The third-order valence-corrected chi connectivity index (χ3v) is 6.31. The zero-order valence-electron chi connectivity index (χ0n) is 9.92. The molecule has 0 unspecified atom stereocenters. The molecule has 7 heteroatoms. The molecule has 0 bridgehead atoms. The number of amidine groups is 1. The van der Waals surface area contributed by atoms with Crippen LogP contribution in [0.4, 0.5) is 0 Å². The summed E-state index contributed by atoms with van der Waals surface area (Å²) < 4.78 is 22.9. The number of thioether (sulfide) groups is 1. The van der Waals surface area contributed by atoms with E-state index >= 15 is 0 Å². The van der Waals surface area contributed by atoms with Crippen molar-refractivity contribution in [2.24, 2.45) is 4.99 Å². The maximum Gasteiger partial charge on any atom is 0.248 e. The fraction of sp³-hybridized carbons (Fsp3) is 0.800. The van der Waals surface area contributed by atoms with Crippen molar-refractivity contribution >= 4 is 32.7 Å². The van der Waals surface area contributed by atoms with E-state index in [1.165, 1.54) is 11.8 Å². The molecule has 2 fully saturated rings. The van der Waals surface area contributed by atoms with Crippen LogP contribution >= 0.6 is 11.8 Å². The molecule has 0 aromatic heterocycles. The molecule has 96 valence electrons. The number of hydrogen-bond acceptors (Lipinski definition) is 4. The number of fused-ring (bicyclic) bond motifs is 1. The van der Waals surface area contributed by atoms with E-state index in [1.807, 2.05) is 18.9 Å². The summed E-state index contributed by atoms with van der Waals surface area (Å²) in [6, 6.07) is -0.0156. The number of sulfone groups is 1. The van der Waals surface area contributed by atoms with Gasteiger partial charge in [0.2, 0.25) is 5.91 Å². The second-order valence-corrected chi connectivity index (χ2v) is 7.81. The molecule has 5 nitrogen and oxygen atoms in total. The second kappa shape index (κ2) is 4.61. The van der Waals surface area contributed by atoms with Crippen LogP contribution in [0.25, 0.3) is 0 Å². The van der Waals surface area contributed by atoms with Gasteiger partial charge in [0, 0.05) is 18.7 Å². The Kier molecular flexibility index (Phi) is 3.49. The van der Waals surface area contributed by atoms with Crippen LogP contribution in [0.1, 0.15) is 19.8 Å². The van der Waals surface area contributed by atoms with Gasteiger partial charge in [-0.3, -0.25) is 4.79 Å². The zero-order valence-corrected chi connectivity index (χ0v) is 11.6. The molecule has 2 aliphatic heterocycles. The molecule has 2 atom stereocenters. The Bertz CT molecular complexity index is 458. The first-order valence-corrected chi connectivity index (χ1v) is 8.34. The third kappa shape index (κ3) is 2.65. The van der Waals surface area contributed by atoms with Gasteiger partial charge in [0.1, 0.15) is 0 Å². The molecular formula is C10H16N2O3S2. The molecule has 0 aromatic carbocycles. The standard InChI is InChI=1S/C10H16N2O3S2/c1-3-4-9(13)11-10-12(2)7-5-17(14,15)6-8(7)16-10/h7-8H,3-6H2,1-2H3/t7-,8+/m0/s1.